The molecule has 0 radical (unpaired) electrons. The molecule has 0 fully saturated rings. The Kier molecular flexibility index (Phi) is 7.41. The van der Waals surface area contributed by atoms with Gasteiger partial charge in [0.25, 0.3) is 5.91 Å². The Morgan fingerprint density at radius 1 is 0.759 bits per heavy atom. The number of rotatable bonds is 9. The van der Waals surface area contributed by atoms with Crippen molar-refractivity contribution in [2.75, 3.05) is 11.9 Å². The van der Waals surface area contributed by atoms with Crippen molar-refractivity contribution in [1.29, 1.82) is 0 Å². The highest BCUT2D eigenvalue weighted by Gasteiger charge is 2.08. The third-order valence-electron chi connectivity index (χ3n) is 4.21. The van der Waals surface area contributed by atoms with Crippen molar-refractivity contribution in [3.63, 3.8) is 0 Å². The van der Waals surface area contributed by atoms with Gasteiger partial charge in [-0.05, 0) is 41.8 Å². The maximum atomic E-state index is 12.0. The Labute approximate surface area is 170 Å². The van der Waals surface area contributed by atoms with Crippen LogP contribution in [-0.2, 0) is 27.4 Å². The number of aryl methyl sites for hydroxylation is 1. The van der Waals surface area contributed by atoms with Crippen LogP contribution in [0.4, 0.5) is 5.69 Å². The van der Waals surface area contributed by atoms with Gasteiger partial charge in [-0.2, -0.15) is 0 Å². The summed E-state index contributed by atoms with van der Waals surface area (Å²) < 4.78 is 10.7. The van der Waals surface area contributed by atoms with E-state index < -0.39 is 5.97 Å². The Bertz CT molecular complexity index is 909. The molecule has 5 heteroatoms. The second-order valence-electron chi connectivity index (χ2n) is 6.49. The zero-order chi connectivity index (χ0) is 20.3. The topological polar surface area (TPSA) is 64.6 Å². The fourth-order valence-corrected chi connectivity index (χ4v) is 2.68. The van der Waals surface area contributed by atoms with Crippen molar-refractivity contribution in [2.24, 2.45) is 0 Å². The Hall–Kier alpha value is -3.60. The van der Waals surface area contributed by atoms with Crippen LogP contribution in [0.25, 0.3) is 0 Å². The summed E-state index contributed by atoms with van der Waals surface area (Å²) in [6, 6.07) is 26.6. The van der Waals surface area contributed by atoms with Gasteiger partial charge in [-0.1, -0.05) is 60.7 Å². The van der Waals surface area contributed by atoms with Gasteiger partial charge in [0.05, 0.1) is 0 Å². The van der Waals surface area contributed by atoms with Gasteiger partial charge in [0.2, 0.25) is 0 Å². The zero-order valence-electron chi connectivity index (χ0n) is 16.0. The van der Waals surface area contributed by atoms with Gasteiger partial charge in [0, 0.05) is 12.1 Å². The van der Waals surface area contributed by atoms with Gasteiger partial charge in [-0.15, -0.1) is 0 Å². The first-order valence-electron chi connectivity index (χ1n) is 9.45. The average molecular weight is 389 g/mol. The van der Waals surface area contributed by atoms with Crippen LogP contribution in [-0.4, -0.2) is 18.5 Å². The summed E-state index contributed by atoms with van der Waals surface area (Å²) in [6.07, 6.45) is 0.830. The normalized spacial score (nSPS) is 10.2. The maximum absolute atomic E-state index is 12.0. The quantitative estimate of drug-likeness (QED) is 0.552. The monoisotopic (exact) mass is 389 g/mol. The van der Waals surface area contributed by atoms with Crippen LogP contribution in [0, 0.1) is 0 Å². The molecule has 0 bridgehead atoms. The first-order chi connectivity index (χ1) is 14.2. The van der Waals surface area contributed by atoms with Crippen molar-refractivity contribution < 1.29 is 19.1 Å². The van der Waals surface area contributed by atoms with Crippen LogP contribution in [0.1, 0.15) is 17.5 Å². The lowest BCUT2D eigenvalue weighted by molar-refractivity contribution is -0.147. The van der Waals surface area contributed by atoms with Gasteiger partial charge in [0.1, 0.15) is 12.4 Å². The van der Waals surface area contributed by atoms with Crippen molar-refractivity contribution in [3.8, 4) is 5.75 Å². The number of amides is 1. The van der Waals surface area contributed by atoms with E-state index in [-0.39, 0.29) is 18.9 Å². The van der Waals surface area contributed by atoms with E-state index in [9.17, 15) is 9.59 Å². The number of benzene rings is 3. The molecule has 148 valence electrons. The number of nitrogens with one attached hydrogen (secondary N) is 1. The molecule has 0 atom stereocenters. The molecule has 3 aromatic carbocycles. The third kappa shape index (κ3) is 7.14. The molecule has 0 spiro atoms. The number of carbonyl (C=O) groups is 2. The van der Waals surface area contributed by atoms with E-state index in [4.69, 9.17) is 9.47 Å². The van der Waals surface area contributed by atoms with Gasteiger partial charge in [0.15, 0.2) is 6.61 Å². The van der Waals surface area contributed by atoms with Crippen molar-refractivity contribution in [1.82, 2.24) is 0 Å². The number of carbonyl (C=O) groups excluding carboxylic acids is 2. The van der Waals surface area contributed by atoms with E-state index in [0.717, 1.165) is 11.1 Å². The highest BCUT2D eigenvalue weighted by Crippen LogP contribution is 2.17. The predicted octanol–water partition coefficient (Wildman–Crippen LogP) is 4.38. The van der Waals surface area contributed by atoms with Crippen LogP contribution >= 0.6 is 0 Å². The van der Waals surface area contributed by atoms with E-state index in [2.05, 4.69) is 5.32 Å². The van der Waals surface area contributed by atoms with Crippen LogP contribution in [0.5, 0.6) is 5.75 Å². The molecule has 3 rings (SSSR count). The summed E-state index contributed by atoms with van der Waals surface area (Å²) in [6.45, 7) is 0.172. The minimum Gasteiger partial charge on any atom is -0.489 e. The van der Waals surface area contributed by atoms with Gasteiger partial charge < -0.3 is 14.8 Å². The Morgan fingerprint density at radius 2 is 1.38 bits per heavy atom. The number of hydrogen-bond donors (Lipinski definition) is 1. The maximum Gasteiger partial charge on any atom is 0.306 e. The minimum atomic E-state index is -0.395. The number of esters is 1. The molecular formula is C24H23NO4. The standard InChI is InChI=1S/C24H23NO4/c26-23(18-29-24(27)16-11-19-7-3-1-4-8-19)25-21-12-14-22(15-13-21)28-17-20-9-5-2-6-10-20/h1-10,12-15H,11,16-18H2,(H,25,26). The average Bonchev–Trinajstić information content (AvgIpc) is 2.77. The molecule has 1 N–H and O–H groups in total. The smallest absolute Gasteiger partial charge is 0.306 e. The highest BCUT2D eigenvalue weighted by atomic mass is 16.5. The predicted molar refractivity (Wildman–Crippen MR) is 112 cm³/mol. The molecule has 0 aromatic heterocycles. The molecular weight excluding hydrogens is 366 g/mol. The first kappa shape index (κ1) is 20.1. The summed E-state index contributed by atoms with van der Waals surface area (Å²) in [5, 5.41) is 2.70. The molecule has 0 heterocycles. The van der Waals surface area contributed by atoms with E-state index in [1.54, 1.807) is 24.3 Å². The lowest BCUT2D eigenvalue weighted by atomic mass is 10.1. The number of ether oxygens (including phenoxy) is 2. The SMILES string of the molecule is O=C(COC(=O)CCc1ccccc1)Nc1ccc(OCc2ccccc2)cc1. The number of hydrogen-bond acceptors (Lipinski definition) is 4. The molecule has 0 aliphatic carbocycles. The molecule has 29 heavy (non-hydrogen) atoms. The van der Waals surface area contributed by atoms with Crippen LogP contribution < -0.4 is 10.1 Å². The largest absolute Gasteiger partial charge is 0.489 e. The van der Waals surface area contributed by atoms with Crippen molar-refractivity contribution in [2.45, 2.75) is 19.4 Å². The second kappa shape index (κ2) is 10.7. The Morgan fingerprint density at radius 3 is 2.03 bits per heavy atom. The summed E-state index contributed by atoms with van der Waals surface area (Å²) in [7, 11) is 0. The van der Waals surface area contributed by atoms with Gasteiger partial charge >= 0.3 is 5.97 Å². The molecule has 0 aliphatic heterocycles. The van der Waals surface area contributed by atoms with Crippen molar-refractivity contribution in [3.05, 3.63) is 96.1 Å². The summed E-state index contributed by atoms with van der Waals surface area (Å²) in [5.41, 5.74) is 2.75. The molecule has 0 saturated carbocycles. The molecule has 5 nitrogen and oxygen atoms in total. The van der Waals surface area contributed by atoms with E-state index in [1.807, 2.05) is 60.7 Å². The van der Waals surface area contributed by atoms with E-state index in [0.29, 0.717) is 24.5 Å². The zero-order valence-corrected chi connectivity index (χ0v) is 16.0. The summed E-state index contributed by atoms with van der Waals surface area (Å²) in [4.78, 5) is 23.8. The molecule has 0 saturated heterocycles. The fraction of sp³-hybridized carbons (Fsp3) is 0.167. The number of anilines is 1. The van der Waals surface area contributed by atoms with Crippen molar-refractivity contribution >= 4 is 17.6 Å². The lowest BCUT2D eigenvalue weighted by Crippen LogP contribution is -2.21. The van der Waals surface area contributed by atoms with E-state index in [1.165, 1.54) is 0 Å². The fourth-order valence-electron chi connectivity index (χ4n) is 2.68. The molecule has 1 amide bonds. The van der Waals surface area contributed by atoms with Crippen LogP contribution in [0.2, 0.25) is 0 Å². The van der Waals surface area contributed by atoms with Crippen LogP contribution in [0.15, 0.2) is 84.9 Å². The second-order valence-corrected chi connectivity index (χ2v) is 6.49. The first-order valence-corrected chi connectivity index (χ1v) is 9.45. The molecule has 0 aliphatic rings. The van der Waals surface area contributed by atoms with Crippen LogP contribution in [0.3, 0.4) is 0 Å². The minimum absolute atomic E-state index is 0.241. The van der Waals surface area contributed by atoms with Gasteiger partial charge in [-0.25, -0.2) is 0 Å². The molecule has 3 aromatic rings. The summed E-state index contributed by atoms with van der Waals surface area (Å²) >= 11 is 0. The van der Waals surface area contributed by atoms with Gasteiger partial charge in [-0.3, -0.25) is 9.59 Å². The summed E-state index contributed by atoms with van der Waals surface area (Å²) in [5.74, 6) is -0.0659. The lowest BCUT2D eigenvalue weighted by Gasteiger charge is -2.09. The third-order valence-corrected chi connectivity index (χ3v) is 4.21. The Balaban J connectivity index is 1.37. The highest BCUT2D eigenvalue weighted by molar-refractivity contribution is 5.92. The van der Waals surface area contributed by atoms with E-state index >= 15 is 0 Å². The molecule has 0 unspecified atom stereocenters.